The van der Waals surface area contributed by atoms with E-state index in [1.807, 2.05) is 11.8 Å². The van der Waals surface area contributed by atoms with Crippen LogP contribution in [-0.4, -0.2) is 31.5 Å². The van der Waals surface area contributed by atoms with Gasteiger partial charge in [0.15, 0.2) is 0 Å². The Bertz CT molecular complexity index is 91.1. The summed E-state index contributed by atoms with van der Waals surface area (Å²) in [6.07, 6.45) is 3.20. The van der Waals surface area contributed by atoms with Gasteiger partial charge in [0.05, 0.1) is 6.54 Å². The van der Waals surface area contributed by atoms with Gasteiger partial charge < -0.3 is 5.32 Å². The molecule has 0 unspecified atom stereocenters. The fraction of sp³-hybridized carbons (Fsp3) is 1.00. The van der Waals surface area contributed by atoms with Crippen molar-refractivity contribution in [2.75, 3.05) is 25.1 Å². The van der Waals surface area contributed by atoms with Crippen molar-refractivity contribution in [2.45, 2.75) is 25.7 Å². The van der Waals surface area contributed by atoms with Crippen LogP contribution in [0.25, 0.3) is 0 Å². The normalized spacial score (nSPS) is 11.0. The van der Waals surface area contributed by atoms with E-state index in [1.165, 1.54) is 12.2 Å². The average Bonchev–Trinajstić information content (AvgIpc) is 2.02. The van der Waals surface area contributed by atoms with E-state index in [4.69, 9.17) is 0 Å². The summed E-state index contributed by atoms with van der Waals surface area (Å²) < 4.78 is 23.2. The lowest BCUT2D eigenvalue weighted by Gasteiger charge is -2.02. The van der Waals surface area contributed by atoms with E-state index in [-0.39, 0.29) is 6.54 Å². The number of unbranched alkanes of at least 4 members (excludes halogenated alkanes) is 2. The molecule has 0 bridgehead atoms. The number of hydrogen-bond acceptors (Lipinski definition) is 2. The van der Waals surface area contributed by atoms with E-state index in [2.05, 4.69) is 11.6 Å². The first-order valence-electron chi connectivity index (χ1n) is 4.25. The van der Waals surface area contributed by atoms with Crippen LogP contribution in [0.3, 0.4) is 0 Å². The lowest BCUT2D eigenvalue weighted by Crippen LogP contribution is -2.22. The quantitative estimate of drug-likeness (QED) is 0.600. The van der Waals surface area contributed by atoms with E-state index >= 15 is 0 Å². The Morgan fingerprint density at radius 2 is 2.00 bits per heavy atom. The summed E-state index contributed by atoms with van der Waals surface area (Å²) >= 11 is 1.83. The Hall–Kier alpha value is 0.170. The molecule has 0 aliphatic heterocycles. The van der Waals surface area contributed by atoms with E-state index < -0.39 is 6.43 Å². The Morgan fingerprint density at radius 3 is 2.58 bits per heavy atom. The van der Waals surface area contributed by atoms with Crippen molar-refractivity contribution in [2.24, 2.45) is 0 Å². The largest absolute Gasteiger partial charge is 0.311 e. The van der Waals surface area contributed by atoms with Gasteiger partial charge >= 0.3 is 0 Å². The van der Waals surface area contributed by atoms with E-state index in [0.29, 0.717) is 0 Å². The molecule has 0 spiro atoms. The van der Waals surface area contributed by atoms with E-state index in [0.717, 1.165) is 19.4 Å². The van der Waals surface area contributed by atoms with Crippen LogP contribution in [0.4, 0.5) is 8.78 Å². The molecule has 0 heterocycles. The van der Waals surface area contributed by atoms with Crippen LogP contribution in [0, 0.1) is 0 Å². The molecule has 0 aromatic rings. The van der Waals surface area contributed by atoms with Gasteiger partial charge in [-0.15, -0.1) is 0 Å². The molecular weight excluding hydrogens is 180 g/mol. The maximum atomic E-state index is 11.6. The third-order valence-corrected chi connectivity index (χ3v) is 2.20. The topological polar surface area (TPSA) is 12.0 Å². The highest BCUT2D eigenvalue weighted by atomic mass is 32.2. The van der Waals surface area contributed by atoms with E-state index in [1.54, 1.807) is 0 Å². The maximum Gasteiger partial charge on any atom is 0.250 e. The van der Waals surface area contributed by atoms with Crippen molar-refractivity contribution in [1.82, 2.24) is 5.32 Å². The summed E-state index contributed by atoms with van der Waals surface area (Å²) in [4.78, 5) is 0. The summed E-state index contributed by atoms with van der Waals surface area (Å²) in [5.41, 5.74) is 0. The van der Waals surface area contributed by atoms with Gasteiger partial charge in [-0.05, 0) is 31.4 Å². The predicted octanol–water partition coefficient (Wildman–Crippen LogP) is 2.37. The lowest BCUT2D eigenvalue weighted by atomic mass is 10.2. The smallest absolute Gasteiger partial charge is 0.250 e. The zero-order valence-electron chi connectivity index (χ0n) is 7.48. The van der Waals surface area contributed by atoms with Gasteiger partial charge in [0.2, 0.25) is 0 Å². The Labute approximate surface area is 77.3 Å². The molecule has 0 aliphatic rings. The van der Waals surface area contributed by atoms with Gasteiger partial charge in [0, 0.05) is 0 Å². The fourth-order valence-electron chi connectivity index (χ4n) is 0.884. The maximum absolute atomic E-state index is 11.6. The van der Waals surface area contributed by atoms with Gasteiger partial charge in [0.25, 0.3) is 6.43 Å². The average molecular weight is 197 g/mol. The highest BCUT2D eigenvalue weighted by Gasteiger charge is 1.99. The predicted molar refractivity (Wildman–Crippen MR) is 51.1 cm³/mol. The molecule has 0 fully saturated rings. The molecule has 0 radical (unpaired) electrons. The molecule has 0 aromatic heterocycles. The Kier molecular flexibility index (Phi) is 9.39. The van der Waals surface area contributed by atoms with Crippen molar-refractivity contribution in [3.05, 3.63) is 0 Å². The molecule has 0 rings (SSSR count). The first kappa shape index (κ1) is 12.2. The van der Waals surface area contributed by atoms with Crippen LogP contribution in [0.5, 0.6) is 0 Å². The minimum Gasteiger partial charge on any atom is -0.311 e. The van der Waals surface area contributed by atoms with Crippen LogP contribution < -0.4 is 5.32 Å². The minimum absolute atomic E-state index is 0.164. The second-order valence-corrected chi connectivity index (χ2v) is 3.63. The zero-order chi connectivity index (χ0) is 9.23. The number of halogens is 2. The molecule has 0 saturated heterocycles. The molecule has 1 nitrogen and oxygen atoms in total. The van der Waals surface area contributed by atoms with Gasteiger partial charge in [-0.2, -0.15) is 11.8 Å². The third kappa shape index (κ3) is 10.2. The Balaban J connectivity index is 2.82. The number of rotatable bonds is 8. The van der Waals surface area contributed by atoms with Crippen LogP contribution in [0.15, 0.2) is 0 Å². The van der Waals surface area contributed by atoms with Crippen LogP contribution in [0.2, 0.25) is 0 Å². The molecule has 4 heteroatoms. The van der Waals surface area contributed by atoms with Crippen LogP contribution in [0.1, 0.15) is 19.3 Å². The van der Waals surface area contributed by atoms with Crippen LogP contribution in [-0.2, 0) is 0 Å². The second kappa shape index (κ2) is 9.26. The fourth-order valence-corrected chi connectivity index (χ4v) is 1.38. The summed E-state index contributed by atoms with van der Waals surface area (Å²) in [5.74, 6) is 1.18. The molecule has 0 aliphatic carbocycles. The monoisotopic (exact) mass is 197 g/mol. The summed E-state index contributed by atoms with van der Waals surface area (Å²) in [6.45, 7) is 0.557. The number of nitrogens with one attached hydrogen (secondary N) is 1. The van der Waals surface area contributed by atoms with E-state index in [9.17, 15) is 8.78 Å². The number of alkyl halides is 2. The van der Waals surface area contributed by atoms with Crippen LogP contribution >= 0.6 is 11.8 Å². The minimum atomic E-state index is -2.21. The standard InChI is InChI=1S/C8H17F2NS/c1-12-6-4-2-3-5-11-7-8(9)10/h8,11H,2-7H2,1H3. The van der Waals surface area contributed by atoms with Crippen molar-refractivity contribution >= 4 is 11.8 Å². The molecule has 12 heavy (non-hydrogen) atoms. The second-order valence-electron chi connectivity index (χ2n) is 2.65. The SMILES string of the molecule is CSCCCCCNCC(F)F. The first-order chi connectivity index (χ1) is 5.77. The zero-order valence-corrected chi connectivity index (χ0v) is 8.30. The van der Waals surface area contributed by atoms with Crippen molar-refractivity contribution in [1.29, 1.82) is 0 Å². The summed E-state index contributed by atoms with van der Waals surface area (Å²) in [6, 6.07) is 0. The molecule has 1 N–H and O–H groups in total. The molecule has 0 aromatic carbocycles. The van der Waals surface area contributed by atoms with Crippen molar-refractivity contribution < 1.29 is 8.78 Å². The highest BCUT2D eigenvalue weighted by Crippen LogP contribution is 2.01. The molecule has 0 atom stereocenters. The molecular formula is C8H17F2NS. The van der Waals surface area contributed by atoms with Gasteiger partial charge in [-0.3, -0.25) is 0 Å². The summed E-state index contributed by atoms with van der Waals surface area (Å²) in [5, 5.41) is 2.70. The van der Waals surface area contributed by atoms with Gasteiger partial charge in [-0.1, -0.05) is 6.42 Å². The molecule has 0 saturated carbocycles. The third-order valence-electron chi connectivity index (χ3n) is 1.50. The van der Waals surface area contributed by atoms with Crippen molar-refractivity contribution in [3.8, 4) is 0 Å². The summed E-state index contributed by atoms with van der Waals surface area (Å²) in [7, 11) is 0. The van der Waals surface area contributed by atoms with Gasteiger partial charge in [-0.25, -0.2) is 8.78 Å². The molecule has 0 amide bonds. The highest BCUT2D eigenvalue weighted by molar-refractivity contribution is 7.98. The first-order valence-corrected chi connectivity index (χ1v) is 5.64. The molecule has 74 valence electrons. The Morgan fingerprint density at radius 1 is 1.25 bits per heavy atom. The van der Waals surface area contributed by atoms with Crippen molar-refractivity contribution in [3.63, 3.8) is 0 Å². The lowest BCUT2D eigenvalue weighted by molar-refractivity contribution is 0.146. The number of hydrogen-bond donors (Lipinski definition) is 1. The van der Waals surface area contributed by atoms with Gasteiger partial charge in [0.1, 0.15) is 0 Å². The number of thioether (sulfide) groups is 1.